The second-order valence-electron chi connectivity index (χ2n) is 4.43. The van der Waals surface area contributed by atoms with Gasteiger partial charge in [-0.25, -0.2) is 0 Å². The molecule has 1 aromatic heterocycles. The second kappa shape index (κ2) is 4.63. The number of nitrogen functional groups attached to an aromatic ring is 1. The Labute approximate surface area is 105 Å². The lowest BCUT2D eigenvalue weighted by atomic mass is 10.4. The lowest BCUT2D eigenvalue weighted by Gasteiger charge is -2.19. The largest absolute Gasteiger partial charge is 0.378 e. The van der Waals surface area contributed by atoms with Crippen LogP contribution < -0.4 is 15.5 Å². The van der Waals surface area contributed by atoms with Crippen molar-refractivity contribution >= 4 is 23.3 Å². The van der Waals surface area contributed by atoms with Gasteiger partial charge in [0.25, 0.3) is 0 Å². The second-order valence-corrected chi connectivity index (χ2v) is 4.43. The van der Waals surface area contributed by atoms with Gasteiger partial charge < -0.3 is 15.5 Å². The Hall–Kier alpha value is -2.12. The van der Waals surface area contributed by atoms with Crippen molar-refractivity contribution in [1.82, 2.24) is 9.97 Å². The van der Waals surface area contributed by atoms with Gasteiger partial charge in [-0.05, 0) is 12.8 Å². The number of nitrogens with two attached hydrogens (primary N) is 1. The van der Waals surface area contributed by atoms with Crippen LogP contribution in [0.3, 0.4) is 0 Å². The van der Waals surface area contributed by atoms with Crippen LogP contribution in [0.5, 0.6) is 0 Å². The van der Waals surface area contributed by atoms with Crippen LogP contribution >= 0.6 is 0 Å². The zero-order valence-corrected chi connectivity index (χ0v) is 10.5. The van der Waals surface area contributed by atoms with E-state index >= 15 is 0 Å². The van der Waals surface area contributed by atoms with Gasteiger partial charge in [-0.1, -0.05) is 0 Å². The van der Waals surface area contributed by atoms with Gasteiger partial charge in [0, 0.05) is 27.2 Å². The molecule has 0 unspecified atom stereocenters. The molecule has 98 valence electrons. The third-order valence-electron chi connectivity index (χ3n) is 2.87. The van der Waals surface area contributed by atoms with E-state index in [1.807, 2.05) is 4.90 Å². The van der Waals surface area contributed by atoms with E-state index < -0.39 is 4.92 Å². The SMILES string of the molecule is CN(C)c1nc(N)c([N+](=O)[O-])c(N2CCCC2)n1. The number of anilines is 3. The first-order chi connectivity index (χ1) is 8.50. The molecule has 2 heterocycles. The van der Waals surface area contributed by atoms with Crippen molar-refractivity contribution in [2.75, 3.05) is 42.7 Å². The summed E-state index contributed by atoms with van der Waals surface area (Å²) in [6.45, 7) is 1.54. The van der Waals surface area contributed by atoms with Gasteiger partial charge in [0.05, 0.1) is 4.92 Å². The third kappa shape index (κ3) is 2.13. The van der Waals surface area contributed by atoms with Crippen LogP contribution in [-0.2, 0) is 0 Å². The van der Waals surface area contributed by atoms with Crippen molar-refractivity contribution < 1.29 is 4.92 Å². The Balaban J connectivity index is 2.54. The number of hydrogen-bond donors (Lipinski definition) is 1. The standard InChI is InChI=1S/C10H16N6O2/c1-14(2)10-12-8(11)7(16(17)18)9(13-10)15-5-3-4-6-15/h3-6H2,1-2H3,(H2,11,12,13). The van der Waals surface area contributed by atoms with Crippen molar-refractivity contribution in [3.8, 4) is 0 Å². The van der Waals surface area contributed by atoms with E-state index in [-0.39, 0.29) is 11.5 Å². The summed E-state index contributed by atoms with van der Waals surface area (Å²) in [4.78, 5) is 22.4. The van der Waals surface area contributed by atoms with Gasteiger partial charge in [0.15, 0.2) is 0 Å². The summed E-state index contributed by atoms with van der Waals surface area (Å²) in [6, 6.07) is 0. The zero-order valence-electron chi connectivity index (χ0n) is 10.5. The fourth-order valence-electron chi connectivity index (χ4n) is 1.97. The number of aromatic nitrogens is 2. The van der Waals surface area contributed by atoms with Crippen LogP contribution in [0.4, 0.5) is 23.3 Å². The van der Waals surface area contributed by atoms with Crippen molar-refractivity contribution in [1.29, 1.82) is 0 Å². The van der Waals surface area contributed by atoms with Gasteiger partial charge in [-0.2, -0.15) is 9.97 Å². The lowest BCUT2D eigenvalue weighted by molar-refractivity contribution is -0.383. The molecule has 0 amide bonds. The highest BCUT2D eigenvalue weighted by atomic mass is 16.6. The first kappa shape index (κ1) is 12.3. The van der Waals surface area contributed by atoms with Crippen LogP contribution in [0, 0.1) is 10.1 Å². The molecule has 1 fully saturated rings. The average molecular weight is 252 g/mol. The minimum absolute atomic E-state index is 0.0828. The molecular weight excluding hydrogens is 236 g/mol. The summed E-state index contributed by atoms with van der Waals surface area (Å²) in [5, 5.41) is 11.1. The monoisotopic (exact) mass is 252 g/mol. The van der Waals surface area contributed by atoms with Gasteiger partial charge >= 0.3 is 5.69 Å². The van der Waals surface area contributed by atoms with E-state index in [1.54, 1.807) is 19.0 Å². The minimum atomic E-state index is -0.511. The molecule has 0 spiro atoms. The molecule has 0 bridgehead atoms. The minimum Gasteiger partial charge on any atom is -0.378 e. The highest BCUT2D eigenvalue weighted by molar-refractivity contribution is 5.71. The van der Waals surface area contributed by atoms with Gasteiger partial charge in [0.2, 0.25) is 17.6 Å². The summed E-state index contributed by atoms with van der Waals surface area (Å²) in [6.07, 6.45) is 2.02. The van der Waals surface area contributed by atoms with Gasteiger partial charge in [-0.3, -0.25) is 10.1 Å². The molecular formula is C10H16N6O2. The summed E-state index contributed by atoms with van der Waals surface area (Å²) in [7, 11) is 3.54. The quantitative estimate of drug-likeness (QED) is 0.621. The first-order valence-electron chi connectivity index (χ1n) is 5.75. The fraction of sp³-hybridized carbons (Fsp3) is 0.600. The predicted molar refractivity (Wildman–Crippen MR) is 68.9 cm³/mol. The topological polar surface area (TPSA) is 101 Å². The summed E-state index contributed by atoms with van der Waals surface area (Å²) < 4.78 is 0. The molecule has 1 aliphatic rings. The molecule has 1 saturated heterocycles. The summed E-state index contributed by atoms with van der Waals surface area (Å²) in [5.74, 6) is 0.634. The first-order valence-corrected chi connectivity index (χ1v) is 5.75. The Bertz CT molecular complexity index is 470. The zero-order chi connectivity index (χ0) is 13.3. The maximum atomic E-state index is 11.1. The Morgan fingerprint density at radius 3 is 2.44 bits per heavy atom. The number of rotatable bonds is 3. The molecule has 0 saturated carbocycles. The summed E-state index contributed by atoms with van der Waals surface area (Å²) >= 11 is 0. The van der Waals surface area contributed by atoms with Crippen molar-refractivity contribution in [2.45, 2.75) is 12.8 Å². The maximum absolute atomic E-state index is 11.1. The van der Waals surface area contributed by atoms with E-state index in [0.717, 1.165) is 25.9 Å². The van der Waals surface area contributed by atoms with E-state index in [0.29, 0.717) is 11.8 Å². The summed E-state index contributed by atoms with van der Waals surface area (Å²) in [5.41, 5.74) is 5.49. The molecule has 1 aliphatic heterocycles. The average Bonchev–Trinajstić information content (AvgIpc) is 2.80. The van der Waals surface area contributed by atoms with E-state index in [1.165, 1.54) is 0 Å². The van der Waals surface area contributed by atoms with Crippen molar-refractivity contribution in [3.05, 3.63) is 10.1 Å². The van der Waals surface area contributed by atoms with Crippen LogP contribution in [0.2, 0.25) is 0 Å². The third-order valence-corrected chi connectivity index (χ3v) is 2.87. The molecule has 2 rings (SSSR count). The lowest BCUT2D eigenvalue weighted by Crippen LogP contribution is -2.23. The fourth-order valence-corrected chi connectivity index (χ4v) is 1.97. The maximum Gasteiger partial charge on any atom is 0.353 e. The van der Waals surface area contributed by atoms with Crippen molar-refractivity contribution in [2.24, 2.45) is 0 Å². The molecule has 18 heavy (non-hydrogen) atoms. The molecule has 8 heteroatoms. The number of nitro groups is 1. The molecule has 2 N–H and O–H groups in total. The van der Waals surface area contributed by atoms with E-state index in [4.69, 9.17) is 5.73 Å². The van der Waals surface area contributed by atoms with Gasteiger partial charge in [-0.15, -0.1) is 0 Å². The number of hydrogen-bond acceptors (Lipinski definition) is 7. The molecule has 0 aliphatic carbocycles. The van der Waals surface area contributed by atoms with E-state index in [9.17, 15) is 10.1 Å². The van der Waals surface area contributed by atoms with E-state index in [2.05, 4.69) is 9.97 Å². The Morgan fingerprint density at radius 1 is 1.33 bits per heavy atom. The van der Waals surface area contributed by atoms with Crippen LogP contribution in [0.1, 0.15) is 12.8 Å². The van der Waals surface area contributed by atoms with Gasteiger partial charge in [0.1, 0.15) is 0 Å². The Morgan fingerprint density at radius 2 is 1.94 bits per heavy atom. The number of nitrogens with zero attached hydrogens (tertiary/aromatic N) is 5. The molecule has 0 atom stereocenters. The molecule has 1 aromatic rings. The highest BCUT2D eigenvalue weighted by Crippen LogP contribution is 2.34. The molecule has 0 aromatic carbocycles. The van der Waals surface area contributed by atoms with Crippen LogP contribution in [-0.4, -0.2) is 42.1 Å². The normalized spacial score (nSPS) is 14.9. The van der Waals surface area contributed by atoms with Crippen molar-refractivity contribution in [3.63, 3.8) is 0 Å². The van der Waals surface area contributed by atoms with Crippen LogP contribution in [0.25, 0.3) is 0 Å². The molecule has 0 radical (unpaired) electrons. The molecule has 8 nitrogen and oxygen atoms in total. The highest BCUT2D eigenvalue weighted by Gasteiger charge is 2.29. The Kier molecular flexibility index (Phi) is 3.17. The smallest absolute Gasteiger partial charge is 0.353 e. The predicted octanol–water partition coefficient (Wildman–Crippen LogP) is 0.633. The van der Waals surface area contributed by atoms with Crippen LogP contribution in [0.15, 0.2) is 0 Å².